The molecule has 2 rings (SSSR count). The average molecular weight is 979 g/mol. The van der Waals surface area contributed by atoms with Crippen molar-refractivity contribution in [2.75, 3.05) is 125 Å². The minimum atomic E-state index is -1.52. The molecule has 0 bridgehead atoms. The van der Waals surface area contributed by atoms with Gasteiger partial charge >= 0.3 is 5.97 Å². The summed E-state index contributed by atoms with van der Waals surface area (Å²) < 4.78 is 89.7. The van der Waals surface area contributed by atoms with Crippen LogP contribution in [-0.4, -0.2) is 167 Å². The van der Waals surface area contributed by atoms with Crippen molar-refractivity contribution in [2.45, 2.75) is 96.9 Å². The second-order valence-electron chi connectivity index (χ2n) is 15.4. The van der Waals surface area contributed by atoms with Crippen molar-refractivity contribution in [3.8, 4) is 5.75 Å². The smallest absolute Gasteiger partial charge is 0.313 e. The van der Waals surface area contributed by atoms with Crippen LogP contribution in [0.2, 0.25) is 0 Å². The quantitative estimate of drug-likeness (QED) is 0.0319. The second kappa shape index (κ2) is 37.6. The van der Waals surface area contributed by atoms with Crippen LogP contribution in [0.3, 0.4) is 0 Å². The molecule has 388 valence electrons. The molecule has 0 saturated heterocycles. The first-order valence-corrected chi connectivity index (χ1v) is 23.6. The molecule has 1 aromatic rings. The number of Topliss-reactive ketones (excluding diaryl/α,β-unsaturated/α-hetero) is 1. The Balaban J connectivity index is 1.55. The predicted molar refractivity (Wildman–Crippen MR) is 240 cm³/mol. The Hall–Kier alpha value is -4.29. The van der Waals surface area contributed by atoms with Crippen molar-refractivity contribution in [1.82, 2.24) is 21.3 Å². The van der Waals surface area contributed by atoms with Gasteiger partial charge in [-0.05, 0) is 46.0 Å². The van der Waals surface area contributed by atoms with E-state index in [1.54, 1.807) is 0 Å². The number of carbonyl (C=O) groups excluding carboxylic acids is 6. The van der Waals surface area contributed by atoms with E-state index in [9.17, 15) is 41.9 Å². The zero-order valence-corrected chi connectivity index (χ0v) is 39.9. The zero-order chi connectivity index (χ0) is 49.8. The molecular weight excluding hydrogens is 906 g/mol. The Morgan fingerprint density at radius 1 is 0.500 bits per heavy atom. The first-order chi connectivity index (χ1) is 32.9. The van der Waals surface area contributed by atoms with Gasteiger partial charge in [0.1, 0.15) is 6.04 Å². The first kappa shape index (κ1) is 59.8. The molecule has 0 heterocycles. The molecule has 0 radical (unpaired) electrons. The third-order valence-electron chi connectivity index (χ3n) is 10.0. The van der Waals surface area contributed by atoms with Crippen molar-refractivity contribution < 1.29 is 84.6 Å². The van der Waals surface area contributed by atoms with E-state index in [4.69, 9.17) is 42.6 Å². The summed E-state index contributed by atoms with van der Waals surface area (Å²) in [6.45, 7) is 10.8. The Kier molecular flexibility index (Phi) is 33.1. The Morgan fingerprint density at radius 3 is 1.54 bits per heavy atom. The summed E-state index contributed by atoms with van der Waals surface area (Å²) >= 11 is 0. The minimum Gasteiger partial charge on any atom is -0.420 e. The third-order valence-corrected chi connectivity index (χ3v) is 10.0. The second-order valence-corrected chi connectivity index (χ2v) is 15.4. The number of carbonyl (C=O) groups is 6. The van der Waals surface area contributed by atoms with E-state index in [1.807, 2.05) is 13.8 Å². The van der Waals surface area contributed by atoms with Gasteiger partial charge in [-0.3, -0.25) is 28.8 Å². The normalized spacial score (nSPS) is 13.1. The fraction of sp³-hybridized carbons (Fsp3) is 0.739. The van der Waals surface area contributed by atoms with Gasteiger partial charge in [0.15, 0.2) is 17.4 Å². The fourth-order valence-corrected chi connectivity index (χ4v) is 6.28. The molecule has 2 atom stereocenters. The predicted octanol–water partition coefficient (Wildman–Crippen LogP) is 2.95. The topological polar surface area (TPSA) is 234 Å². The Morgan fingerprint density at radius 2 is 0.985 bits per heavy atom. The molecule has 0 saturated carbocycles. The van der Waals surface area contributed by atoms with E-state index < -0.39 is 47.0 Å². The van der Waals surface area contributed by atoms with E-state index in [0.717, 1.165) is 0 Å². The van der Waals surface area contributed by atoms with Gasteiger partial charge in [-0.15, -0.1) is 0 Å². The van der Waals surface area contributed by atoms with Crippen molar-refractivity contribution in [1.29, 1.82) is 0 Å². The zero-order valence-electron chi connectivity index (χ0n) is 39.9. The SMILES string of the molecule is CCOCCOCCC(=O)NCCCC[C@H](NC(=O)CCCNC(=O)CCOCCOCC)C(=O)NCC(=O)CCCOCCOCCOCCOCCC(=O)Oc1c(F)c(F)c2c(c1F)C2C. The number of benzene rings is 1. The fourth-order valence-electron chi connectivity index (χ4n) is 6.28. The van der Waals surface area contributed by atoms with E-state index in [0.29, 0.717) is 71.9 Å². The number of unbranched alkanes of at least 4 members (excludes halogenated alkanes) is 1. The van der Waals surface area contributed by atoms with Gasteiger partial charge in [-0.25, -0.2) is 8.78 Å². The van der Waals surface area contributed by atoms with E-state index in [2.05, 4.69) is 21.3 Å². The van der Waals surface area contributed by atoms with E-state index >= 15 is 0 Å². The number of amides is 4. The van der Waals surface area contributed by atoms with Gasteiger partial charge in [0.2, 0.25) is 35.2 Å². The molecule has 1 aromatic carbocycles. The number of hydrogen-bond donors (Lipinski definition) is 4. The number of esters is 1. The number of nitrogens with one attached hydrogen (secondary N) is 4. The first-order valence-electron chi connectivity index (χ1n) is 23.6. The summed E-state index contributed by atoms with van der Waals surface area (Å²) in [4.78, 5) is 74.7. The maximum Gasteiger partial charge on any atom is 0.313 e. The van der Waals surface area contributed by atoms with Gasteiger partial charge in [0.05, 0.1) is 98.9 Å². The summed E-state index contributed by atoms with van der Waals surface area (Å²) in [5, 5.41) is 10.9. The maximum atomic E-state index is 14.3. The number of ketones is 1. The highest BCUT2D eigenvalue weighted by Gasteiger charge is 2.42. The molecule has 19 nitrogen and oxygen atoms in total. The largest absolute Gasteiger partial charge is 0.420 e. The highest BCUT2D eigenvalue weighted by molar-refractivity contribution is 5.91. The van der Waals surface area contributed by atoms with Crippen LogP contribution in [0, 0.1) is 17.5 Å². The van der Waals surface area contributed by atoms with Crippen molar-refractivity contribution in [3.05, 3.63) is 28.6 Å². The summed E-state index contributed by atoms with van der Waals surface area (Å²) in [7, 11) is 0. The average Bonchev–Trinajstić information content (AvgIpc) is 4.01. The Labute approximate surface area is 397 Å². The number of ether oxygens (including phenoxy) is 9. The van der Waals surface area contributed by atoms with Gasteiger partial charge in [-0.1, -0.05) is 6.92 Å². The molecular formula is C46H73F3N4O15. The molecule has 22 heteroatoms. The summed E-state index contributed by atoms with van der Waals surface area (Å²) in [5.41, 5.74) is -0.0297. The van der Waals surface area contributed by atoms with Crippen LogP contribution in [0.1, 0.15) is 102 Å². The summed E-state index contributed by atoms with van der Waals surface area (Å²) in [5.74, 6) is -7.83. The van der Waals surface area contributed by atoms with Crippen LogP contribution in [0.15, 0.2) is 0 Å². The van der Waals surface area contributed by atoms with Crippen molar-refractivity contribution >= 4 is 35.4 Å². The van der Waals surface area contributed by atoms with Gasteiger partial charge < -0.3 is 63.9 Å². The molecule has 4 amide bonds. The van der Waals surface area contributed by atoms with E-state index in [1.165, 1.54) is 6.92 Å². The highest BCUT2D eigenvalue weighted by atomic mass is 19.2. The van der Waals surface area contributed by atoms with E-state index in [-0.39, 0.29) is 152 Å². The van der Waals surface area contributed by atoms with Crippen molar-refractivity contribution in [3.63, 3.8) is 0 Å². The van der Waals surface area contributed by atoms with Gasteiger partial charge in [0, 0.05) is 75.6 Å². The van der Waals surface area contributed by atoms with Crippen LogP contribution >= 0.6 is 0 Å². The lowest BCUT2D eigenvalue weighted by molar-refractivity contribution is -0.136. The maximum absolute atomic E-state index is 14.3. The standard InChI is InChI=1S/C46H73F3N4O15/c1-4-60-22-24-63-19-13-36(55)50-16-7-6-11-35(53-38(57)12-8-17-51-37(56)14-20-64-25-23-61-5-2)46(59)52-32-34(54)10-9-18-62-26-28-66-30-31-67-29-27-65-21-15-39(58)68-45-43(48)41-33(3)40(41)42(47)44(45)49/h33,35H,4-32H2,1-3H3,(H,50,55)(H,51,56)(H,52,59)(H,53,57)/t33?,35-/m0/s1. The molecule has 1 aliphatic rings. The molecule has 0 spiro atoms. The van der Waals surface area contributed by atoms with Crippen LogP contribution < -0.4 is 26.0 Å². The molecule has 1 aliphatic carbocycles. The van der Waals surface area contributed by atoms with Gasteiger partial charge in [0.25, 0.3) is 0 Å². The summed E-state index contributed by atoms with van der Waals surface area (Å²) in [6, 6.07) is -0.911. The molecule has 4 N–H and O–H groups in total. The van der Waals surface area contributed by atoms with Gasteiger partial charge in [-0.2, -0.15) is 4.39 Å². The minimum absolute atomic E-state index is 0.0111. The third kappa shape index (κ3) is 27.0. The number of fused-ring (bicyclic) bond motifs is 1. The number of hydrogen-bond acceptors (Lipinski definition) is 15. The number of rotatable bonds is 44. The molecule has 0 fully saturated rings. The van der Waals surface area contributed by atoms with Crippen LogP contribution in [0.5, 0.6) is 5.75 Å². The number of halogens is 3. The lowest BCUT2D eigenvalue weighted by Crippen LogP contribution is -2.48. The highest BCUT2D eigenvalue weighted by Crippen LogP contribution is 2.50. The molecule has 1 unspecified atom stereocenters. The Bertz CT molecular complexity index is 1660. The lowest BCUT2D eigenvalue weighted by Gasteiger charge is -2.18. The van der Waals surface area contributed by atoms with Crippen LogP contribution in [-0.2, 0) is 66.7 Å². The van der Waals surface area contributed by atoms with Crippen LogP contribution in [0.25, 0.3) is 0 Å². The molecule has 0 aromatic heterocycles. The summed E-state index contributed by atoms with van der Waals surface area (Å²) in [6.07, 6.45) is 2.39. The van der Waals surface area contributed by atoms with Crippen LogP contribution in [0.4, 0.5) is 13.2 Å². The molecule has 68 heavy (non-hydrogen) atoms. The molecule has 0 aliphatic heterocycles. The van der Waals surface area contributed by atoms with Crippen molar-refractivity contribution in [2.24, 2.45) is 0 Å². The monoisotopic (exact) mass is 979 g/mol. The lowest BCUT2D eigenvalue weighted by atomic mass is 10.1.